The Bertz CT molecular complexity index is 1740. The molecule has 2 atom stereocenters. The van der Waals surface area contributed by atoms with Crippen molar-refractivity contribution in [3.05, 3.63) is 93.3 Å². The topological polar surface area (TPSA) is 75.3 Å². The second-order valence-corrected chi connectivity index (χ2v) is 13.1. The van der Waals surface area contributed by atoms with E-state index in [1.54, 1.807) is 0 Å². The van der Waals surface area contributed by atoms with Crippen LogP contribution in [-0.2, 0) is 22.2 Å². The van der Waals surface area contributed by atoms with Gasteiger partial charge in [0.1, 0.15) is 21.8 Å². The number of thioether (sulfide) groups is 1. The summed E-state index contributed by atoms with van der Waals surface area (Å²) in [7, 11) is 0. The fourth-order valence-electron chi connectivity index (χ4n) is 4.59. The van der Waals surface area contributed by atoms with Gasteiger partial charge >= 0.3 is 12.4 Å². The van der Waals surface area contributed by atoms with Crippen molar-refractivity contribution in [2.24, 2.45) is 5.92 Å². The highest BCUT2D eigenvalue weighted by Crippen LogP contribution is 2.65. The smallest absolute Gasteiger partial charge is 0.326 e. The molecule has 0 aliphatic heterocycles. The van der Waals surface area contributed by atoms with Crippen LogP contribution in [0.1, 0.15) is 33.0 Å². The minimum atomic E-state index is -5.02. The van der Waals surface area contributed by atoms with Crippen molar-refractivity contribution in [3.8, 4) is 0 Å². The fourth-order valence-corrected chi connectivity index (χ4v) is 6.29. The monoisotopic (exact) mass is 750 g/mol. The van der Waals surface area contributed by atoms with E-state index in [9.17, 15) is 49.5 Å². The van der Waals surface area contributed by atoms with Gasteiger partial charge in [0.25, 0.3) is 5.91 Å². The van der Waals surface area contributed by atoms with Crippen molar-refractivity contribution >= 4 is 75.5 Å². The van der Waals surface area contributed by atoms with Gasteiger partial charge in [-0.2, -0.15) is 26.3 Å². The average molecular weight is 752 g/mol. The molecule has 252 valence electrons. The second-order valence-electron chi connectivity index (χ2n) is 10.2. The molecule has 1 fully saturated rings. The highest BCUT2D eigenvalue weighted by molar-refractivity contribution is 8.00. The molecule has 18 heteroatoms. The highest BCUT2D eigenvalue weighted by atomic mass is 35.5. The van der Waals surface area contributed by atoms with Crippen LogP contribution in [0.2, 0.25) is 5.02 Å². The van der Waals surface area contributed by atoms with E-state index >= 15 is 4.39 Å². The van der Waals surface area contributed by atoms with Gasteiger partial charge < -0.3 is 10.6 Å². The zero-order chi connectivity index (χ0) is 35.1. The number of anilines is 2. The third kappa shape index (κ3) is 8.67. The summed E-state index contributed by atoms with van der Waals surface area (Å²) in [5.41, 5.74) is -3.52. The van der Waals surface area contributed by atoms with Crippen LogP contribution in [0.5, 0.6) is 0 Å². The summed E-state index contributed by atoms with van der Waals surface area (Å²) in [6.07, 6.45) is -10.5. The molecule has 0 saturated heterocycles. The van der Waals surface area contributed by atoms with Crippen LogP contribution in [0.4, 0.5) is 50.9 Å². The largest absolute Gasteiger partial charge is 0.419 e. The first kappa shape index (κ1) is 36.7. The fraction of sp³-hybridized carbons (Fsp3) is 0.276. The Morgan fingerprint density at radius 3 is 2.17 bits per heavy atom. The normalized spacial score (nSPS) is 17.3. The quantitative estimate of drug-likeness (QED) is 0.160. The zero-order valence-corrected chi connectivity index (χ0v) is 26.1. The van der Waals surface area contributed by atoms with Crippen molar-refractivity contribution < 1.29 is 53.9 Å². The maximum atomic E-state index is 15.1. The van der Waals surface area contributed by atoms with Gasteiger partial charge in [-0.05, 0) is 48.0 Å². The number of benzene rings is 3. The molecule has 0 aromatic heterocycles. The van der Waals surface area contributed by atoms with Crippen LogP contribution in [-0.4, -0.2) is 39.6 Å². The average Bonchev–Trinajstić information content (AvgIpc) is 3.54. The molecule has 0 unspecified atom stereocenters. The number of alkyl halides is 8. The van der Waals surface area contributed by atoms with E-state index in [0.717, 1.165) is 24.3 Å². The third-order valence-corrected chi connectivity index (χ3v) is 9.13. The number of rotatable bonds is 10. The van der Waals surface area contributed by atoms with Crippen molar-refractivity contribution in [2.45, 2.75) is 29.0 Å². The second kappa shape index (κ2) is 13.8. The van der Waals surface area contributed by atoms with Crippen LogP contribution >= 0.6 is 46.6 Å². The number of ketones is 1. The van der Waals surface area contributed by atoms with Gasteiger partial charge in [-0.25, -0.2) is 13.2 Å². The summed E-state index contributed by atoms with van der Waals surface area (Å²) < 4.78 is 118. The minimum Gasteiger partial charge on any atom is -0.326 e. The van der Waals surface area contributed by atoms with E-state index in [2.05, 4.69) is 10.6 Å². The molecule has 1 aliphatic carbocycles. The summed E-state index contributed by atoms with van der Waals surface area (Å²) in [5.74, 6) is -11.4. The van der Waals surface area contributed by atoms with Gasteiger partial charge in [0, 0.05) is 23.6 Å². The number of hydrogen-bond donors (Lipinski definition) is 2. The SMILES string of the molecule is O=C(CSCC(F)(F)F)Cc1c(F)ccc(NC(=O)c2cc(NC(=O)[C@H]3[C@H](c4ccc(F)c(C(F)(F)F)c4)C3(Cl)Cl)ccc2Cl)c1F. The van der Waals surface area contributed by atoms with E-state index in [0.29, 0.717) is 12.1 Å². The maximum absolute atomic E-state index is 15.1. The van der Waals surface area contributed by atoms with Gasteiger partial charge in [-0.1, -0.05) is 17.7 Å². The van der Waals surface area contributed by atoms with Crippen LogP contribution < -0.4 is 10.6 Å². The molecule has 1 saturated carbocycles. The van der Waals surface area contributed by atoms with Crippen LogP contribution in [0, 0.1) is 23.4 Å². The molecular weight excluding hydrogens is 734 g/mol. The molecule has 47 heavy (non-hydrogen) atoms. The van der Waals surface area contributed by atoms with Gasteiger partial charge in [0.15, 0.2) is 5.82 Å². The summed E-state index contributed by atoms with van der Waals surface area (Å²) in [5, 5.41) is 4.35. The number of halogens is 12. The summed E-state index contributed by atoms with van der Waals surface area (Å²) in [4.78, 5) is 38.1. The standard InChI is InChI=1S/C29H18Cl3F9N2O3S/c30-18-3-2-13(42-26(46)23-22(28(23,31)32)12-1-4-20(34)17(7-12)29(39,40)41)8-15(18)25(45)43-21-6-5-19(33)16(24(21)35)9-14(44)10-47-11-27(36,37)38/h1-8,22-23H,9-11H2,(H,42,46)(H,43,45)/t22-,23+/m0/s1. The molecule has 0 heterocycles. The summed E-state index contributed by atoms with van der Waals surface area (Å²) in [6, 6.07) is 7.12. The molecule has 3 aromatic rings. The Morgan fingerprint density at radius 1 is 0.872 bits per heavy atom. The first-order valence-corrected chi connectivity index (χ1v) is 15.3. The van der Waals surface area contributed by atoms with E-state index in [-0.39, 0.29) is 33.6 Å². The summed E-state index contributed by atoms with van der Waals surface area (Å²) in [6.45, 7) is 0. The number of carbonyl (C=O) groups excluding carboxylic acids is 3. The minimum absolute atomic E-state index is 0.0726. The van der Waals surface area contributed by atoms with Crippen LogP contribution in [0.25, 0.3) is 0 Å². The zero-order valence-electron chi connectivity index (χ0n) is 23.1. The van der Waals surface area contributed by atoms with Gasteiger partial charge in [0.2, 0.25) is 5.91 Å². The third-order valence-electron chi connectivity index (χ3n) is 6.81. The first-order chi connectivity index (χ1) is 21.7. The molecular formula is C29H18Cl3F9N2O3S. The van der Waals surface area contributed by atoms with Crippen molar-refractivity contribution in [2.75, 3.05) is 22.1 Å². The van der Waals surface area contributed by atoms with E-state index < -0.39 is 98.3 Å². The number of hydrogen-bond acceptors (Lipinski definition) is 4. The molecule has 1 aliphatic rings. The Kier molecular flexibility index (Phi) is 10.7. The predicted octanol–water partition coefficient (Wildman–Crippen LogP) is 8.96. The Morgan fingerprint density at radius 2 is 1.53 bits per heavy atom. The lowest BCUT2D eigenvalue weighted by atomic mass is 10.0. The number of carbonyl (C=O) groups is 3. The van der Waals surface area contributed by atoms with Crippen molar-refractivity contribution in [1.29, 1.82) is 0 Å². The molecule has 2 N–H and O–H groups in total. The summed E-state index contributed by atoms with van der Waals surface area (Å²) >= 11 is 18.7. The molecule has 3 aromatic carbocycles. The predicted molar refractivity (Wildman–Crippen MR) is 159 cm³/mol. The van der Waals surface area contributed by atoms with Crippen molar-refractivity contribution in [3.63, 3.8) is 0 Å². The Balaban J connectivity index is 1.47. The van der Waals surface area contributed by atoms with E-state index in [1.165, 1.54) is 12.1 Å². The molecule has 4 rings (SSSR count). The van der Waals surface area contributed by atoms with Crippen LogP contribution in [0.3, 0.4) is 0 Å². The van der Waals surface area contributed by atoms with Crippen LogP contribution in [0.15, 0.2) is 48.5 Å². The first-order valence-electron chi connectivity index (χ1n) is 13.0. The Labute approximate surface area is 279 Å². The van der Waals surface area contributed by atoms with E-state index in [1.807, 2.05) is 0 Å². The lowest BCUT2D eigenvalue weighted by Crippen LogP contribution is -2.19. The van der Waals surface area contributed by atoms with E-state index in [4.69, 9.17) is 34.8 Å². The number of amides is 2. The molecule has 5 nitrogen and oxygen atoms in total. The lowest BCUT2D eigenvalue weighted by molar-refractivity contribution is -0.140. The maximum Gasteiger partial charge on any atom is 0.419 e. The molecule has 2 amide bonds. The number of nitrogens with one attached hydrogen (secondary N) is 2. The lowest BCUT2D eigenvalue weighted by Gasteiger charge is -2.13. The Hall–Kier alpha value is -3.14. The van der Waals surface area contributed by atoms with Crippen molar-refractivity contribution in [1.82, 2.24) is 0 Å². The highest BCUT2D eigenvalue weighted by Gasteiger charge is 2.67. The molecule has 0 spiro atoms. The number of Topliss-reactive ketones (excluding diaryl/α,β-unsaturated/α-hetero) is 1. The van der Waals surface area contributed by atoms with Gasteiger partial charge in [0.05, 0.1) is 39.3 Å². The molecule has 0 radical (unpaired) electrons. The van der Waals surface area contributed by atoms with Gasteiger partial charge in [-0.3, -0.25) is 14.4 Å². The molecule has 0 bridgehead atoms. The van der Waals surface area contributed by atoms with Gasteiger partial charge in [-0.15, -0.1) is 35.0 Å².